The number of hydrogen-bond acceptors (Lipinski definition) is 5. The minimum Gasteiger partial charge on any atom is -0.375 e. The fraction of sp³-hybridized carbons (Fsp3) is 0.667. The second-order valence-electron chi connectivity index (χ2n) is 7.23. The molecule has 0 aliphatic heterocycles. The lowest BCUT2D eigenvalue weighted by atomic mass is 9.98. The molecule has 0 unspecified atom stereocenters. The minimum absolute atomic E-state index is 0.0750. The monoisotopic (exact) mass is 339 g/mol. The molecule has 0 aromatic carbocycles. The number of carbonyl (C=O) groups excluding carboxylic acids is 2. The lowest BCUT2D eigenvalue weighted by molar-refractivity contribution is -0.122. The van der Waals surface area contributed by atoms with Gasteiger partial charge in [-0.25, -0.2) is 0 Å². The standard InChI is InChI=1S/C18H33N3O3/c1-7-14(2)12-15(22)8-9-18(5,6)24-11-10-17(3,4)21-16(23)13-20-19/h7,12,20H,1,8-11,13,19H2,2-6H3,(H,21,23). The molecule has 0 saturated heterocycles. The zero-order chi connectivity index (χ0) is 18.8. The maximum atomic E-state index is 11.8. The van der Waals surface area contributed by atoms with Crippen LogP contribution in [0.5, 0.6) is 0 Å². The molecule has 0 rings (SSSR count). The van der Waals surface area contributed by atoms with E-state index < -0.39 is 5.60 Å². The first-order valence-corrected chi connectivity index (χ1v) is 8.23. The van der Waals surface area contributed by atoms with Crippen LogP contribution < -0.4 is 16.6 Å². The number of nitrogens with one attached hydrogen (secondary N) is 2. The van der Waals surface area contributed by atoms with Gasteiger partial charge in [-0.1, -0.05) is 12.7 Å². The van der Waals surface area contributed by atoms with Gasteiger partial charge in [-0.3, -0.25) is 20.9 Å². The highest BCUT2D eigenvalue weighted by Gasteiger charge is 2.23. The fourth-order valence-corrected chi connectivity index (χ4v) is 2.04. The van der Waals surface area contributed by atoms with E-state index in [1.54, 1.807) is 12.2 Å². The van der Waals surface area contributed by atoms with Gasteiger partial charge in [-0.15, -0.1) is 0 Å². The van der Waals surface area contributed by atoms with Gasteiger partial charge in [0.15, 0.2) is 5.78 Å². The summed E-state index contributed by atoms with van der Waals surface area (Å²) in [6.07, 6.45) is 5.00. The molecule has 138 valence electrons. The first-order valence-electron chi connectivity index (χ1n) is 8.23. The zero-order valence-corrected chi connectivity index (χ0v) is 15.7. The first kappa shape index (κ1) is 22.5. The average Bonchev–Trinajstić information content (AvgIpc) is 2.44. The second-order valence-corrected chi connectivity index (χ2v) is 7.23. The van der Waals surface area contributed by atoms with E-state index in [4.69, 9.17) is 10.6 Å². The third kappa shape index (κ3) is 11.1. The van der Waals surface area contributed by atoms with E-state index in [1.165, 1.54) is 0 Å². The van der Waals surface area contributed by atoms with Crippen molar-refractivity contribution in [1.29, 1.82) is 0 Å². The summed E-state index contributed by atoms with van der Waals surface area (Å²) in [5.74, 6) is 5.05. The van der Waals surface area contributed by atoms with Gasteiger partial charge in [0.05, 0.1) is 12.1 Å². The number of hydrazine groups is 1. The maximum absolute atomic E-state index is 11.8. The summed E-state index contributed by atoms with van der Waals surface area (Å²) >= 11 is 0. The van der Waals surface area contributed by atoms with Gasteiger partial charge in [0.25, 0.3) is 0 Å². The largest absolute Gasteiger partial charge is 0.375 e. The van der Waals surface area contributed by atoms with Crippen LogP contribution in [0.25, 0.3) is 0 Å². The maximum Gasteiger partial charge on any atom is 0.235 e. The van der Waals surface area contributed by atoms with Crippen molar-refractivity contribution >= 4 is 11.7 Å². The van der Waals surface area contributed by atoms with E-state index in [0.29, 0.717) is 25.9 Å². The lowest BCUT2D eigenvalue weighted by Gasteiger charge is -2.30. The van der Waals surface area contributed by atoms with E-state index in [-0.39, 0.29) is 23.8 Å². The molecular weight excluding hydrogens is 306 g/mol. The van der Waals surface area contributed by atoms with Gasteiger partial charge in [-0.2, -0.15) is 0 Å². The summed E-state index contributed by atoms with van der Waals surface area (Å²) in [6.45, 7) is 13.9. The van der Waals surface area contributed by atoms with Crippen LogP contribution in [0.4, 0.5) is 0 Å². The van der Waals surface area contributed by atoms with Gasteiger partial charge in [0.1, 0.15) is 0 Å². The Morgan fingerprint density at radius 2 is 1.83 bits per heavy atom. The van der Waals surface area contributed by atoms with Gasteiger partial charge in [-0.05, 0) is 59.1 Å². The number of ether oxygens (including phenoxy) is 1. The molecule has 0 aliphatic rings. The van der Waals surface area contributed by atoms with E-state index in [1.807, 2.05) is 34.6 Å². The predicted molar refractivity (Wildman–Crippen MR) is 97.3 cm³/mol. The van der Waals surface area contributed by atoms with Gasteiger partial charge in [0, 0.05) is 18.6 Å². The van der Waals surface area contributed by atoms with Gasteiger partial charge < -0.3 is 10.1 Å². The van der Waals surface area contributed by atoms with E-state index in [0.717, 1.165) is 5.57 Å². The molecule has 0 saturated carbocycles. The summed E-state index contributed by atoms with van der Waals surface area (Å²) in [5, 5.41) is 2.89. The van der Waals surface area contributed by atoms with Crippen LogP contribution in [0.3, 0.4) is 0 Å². The Labute approximate surface area is 145 Å². The van der Waals surface area contributed by atoms with E-state index in [2.05, 4.69) is 17.3 Å². The third-order valence-electron chi connectivity index (χ3n) is 3.64. The van der Waals surface area contributed by atoms with Crippen LogP contribution >= 0.6 is 0 Å². The Kier molecular flexibility index (Phi) is 9.73. The Balaban J connectivity index is 4.25. The Morgan fingerprint density at radius 3 is 2.38 bits per heavy atom. The van der Waals surface area contributed by atoms with Crippen molar-refractivity contribution in [2.24, 2.45) is 5.84 Å². The molecule has 6 heteroatoms. The molecule has 4 N–H and O–H groups in total. The molecule has 0 spiro atoms. The summed E-state index contributed by atoms with van der Waals surface area (Å²) in [7, 11) is 0. The van der Waals surface area contributed by atoms with Gasteiger partial charge >= 0.3 is 0 Å². The number of rotatable bonds is 12. The molecule has 0 bridgehead atoms. The molecule has 0 radical (unpaired) electrons. The van der Waals surface area contributed by atoms with E-state index >= 15 is 0 Å². The highest BCUT2D eigenvalue weighted by molar-refractivity contribution is 5.90. The zero-order valence-electron chi connectivity index (χ0n) is 15.7. The van der Waals surface area contributed by atoms with Crippen molar-refractivity contribution in [3.05, 3.63) is 24.3 Å². The Morgan fingerprint density at radius 1 is 1.21 bits per heavy atom. The molecule has 24 heavy (non-hydrogen) atoms. The number of nitrogens with two attached hydrogens (primary N) is 1. The van der Waals surface area contributed by atoms with Crippen LogP contribution in [0.2, 0.25) is 0 Å². The number of carbonyl (C=O) groups is 2. The number of ketones is 1. The lowest BCUT2D eigenvalue weighted by Crippen LogP contribution is -2.48. The van der Waals surface area contributed by atoms with Crippen molar-refractivity contribution in [3.63, 3.8) is 0 Å². The molecule has 0 heterocycles. The number of amides is 1. The predicted octanol–water partition coefficient (Wildman–Crippen LogP) is 2.01. The van der Waals surface area contributed by atoms with Crippen molar-refractivity contribution in [2.75, 3.05) is 13.2 Å². The SMILES string of the molecule is C=CC(C)=CC(=O)CCC(C)(C)OCCC(C)(C)NC(=O)CNN. The molecular formula is C18H33N3O3. The quantitative estimate of drug-likeness (QED) is 0.219. The van der Waals surface area contributed by atoms with Crippen LogP contribution in [-0.4, -0.2) is 36.0 Å². The average molecular weight is 339 g/mol. The normalized spacial score (nSPS) is 12.8. The molecule has 0 atom stereocenters. The van der Waals surface area contributed by atoms with Crippen molar-refractivity contribution in [1.82, 2.24) is 10.7 Å². The molecule has 1 amide bonds. The van der Waals surface area contributed by atoms with Crippen LogP contribution in [0.1, 0.15) is 53.9 Å². The van der Waals surface area contributed by atoms with Crippen molar-refractivity contribution in [2.45, 2.75) is 65.0 Å². The third-order valence-corrected chi connectivity index (χ3v) is 3.64. The number of hydrogen-bond donors (Lipinski definition) is 3. The summed E-state index contributed by atoms with van der Waals surface area (Å²) in [4.78, 5) is 23.4. The topological polar surface area (TPSA) is 93.4 Å². The van der Waals surface area contributed by atoms with Crippen LogP contribution in [0, 0.1) is 0 Å². The highest BCUT2D eigenvalue weighted by Crippen LogP contribution is 2.19. The summed E-state index contributed by atoms with van der Waals surface area (Å²) in [6, 6.07) is 0. The molecule has 6 nitrogen and oxygen atoms in total. The van der Waals surface area contributed by atoms with Gasteiger partial charge in [0.2, 0.25) is 5.91 Å². The van der Waals surface area contributed by atoms with Crippen molar-refractivity contribution in [3.8, 4) is 0 Å². The molecule has 0 aliphatic carbocycles. The van der Waals surface area contributed by atoms with E-state index in [9.17, 15) is 9.59 Å². The number of allylic oxidation sites excluding steroid dienone is 3. The summed E-state index contributed by atoms with van der Waals surface area (Å²) < 4.78 is 5.90. The Hall–Kier alpha value is -1.50. The second kappa shape index (κ2) is 10.4. The first-order chi connectivity index (χ1) is 11.0. The highest BCUT2D eigenvalue weighted by atomic mass is 16.5. The van der Waals surface area contributed by atoms with Crippen LogP contribution in [-0.2, 0) is 14.3 Å². The Bertz CT molecular complexity index is 468. The molecule has 0 aromatic rings. The smallest absolute Gasteiger partial charge is 0.235 e. The minimum atomic E-state index is -0.398. The fourth-order valence-electron chi connectivity index (χ4n) is 2.04. The summed E-state index contributed by atoms with van der Waals surface area (Å²) in [5.41, 5.74) is 2.41. The molecule has 0 fully saturated rings. The molecule has 0 aromatic heterocycles. The van der Waals surface area contributed by atoms with Crippen molar-refractivity contribution < 1.29 is 14.3 Å². The van der Waals surface area contributed by atoms with Crippen LogP contribution in [0.15, 0.2) is 24.3 Å².